The van der Waals surface area contributed by atoms with Crippen molar-refractivity contribution < 1.29 is 4.74 Å². The molecule has 3 heteroatoms. The van der Waals surface area contributed by atoms with Gasteiger partial charge in [-0.1, -0.05) is 12.1 Å². The molecule has 18 heavy (non-hydrogen) atoms. The lowest BCUT2D eigenvalue weighted by molar-refractivity contribution is 0.304. The second-order valence-electron chi connectivity index (χ2n) is 4.36. The number of hydrogen-bond acceptors (Lipinski definition) is 3. The van der Waals surface area contributed by atoms with Crippen LogP contribution >= 0.6 is 0 Å². The van der Waals surface area contributed by atoms with Crippen molar-refractivity contribution in [2.24, 2.45) is 0 Å². The first-order valence-corrected chi connectivity index (χ1v) is 6.02. The number of ether oxygens (including phenoxy) is 1. The molecule has 0 unspecified atom stereocenters. The van der Waals surface area contributed by atoms with E-state index in [4.69, 9.17) is 4.74 Å². The van der Waals surface area contributed by atoms with Crippen LogP contribution in [0.15, 0.2) is 36.5 Å². The van der Waals surface area contributed by atoms with E-state index < -0.39 is 0 Å². The van der Waals surface area contributed by atoms with Gasteiger partial charge < -0.3 is 10.1 Å². The maximum absolute atomic E-state index is 5.85. The first-order chi connectivity index (χ1) is 8.69. The molecule has 2 rings (SSSR count). The number of pyridine rings is 1. The molecule has 1 aromatic carbocycles. The lowest BCUT2D eigenvalue weighted by Gasteiger charge is -2.10. The highest BCUT2D eigenvalue weighted by Gasteiger charge is 2.01. The van der Waals surface area contributed by atoms with Crippen LogP contribution in [0.3, 0.4) is 0 Å². The summed E-state index contributed by atoms with van der Waals surface area (Å²) in [5, 5.41) is 3.02. The largest absolute Gasteiger partial charge is 0.489 e. The Morgan fingerprint density at radius 3 is 2.78 bits per heavy atom. The Balaban J connectivity index is 2.08. The number of aromatic nitrogens is 1. The smallest absolute Gasteiger partial charge is 0.126 e. The van der Waals surface area contributed by atoms with Crippen molar-refractivity contribution in [2.45, 2.75) is 20.5 Å². The van der Waals surface area contributed by atoms with E-state index in [1.165, 1.54) is 5.56 Å². The van der Waals surface area contributed by atoms with Gasteiger partial charge >= 0.3 is 0 Å². The van der Waals surface area contributed by atoms with Crippen molar-refractivity contribution >= 4 is 5.82 Å². The topological polar surface area (TPSA) is 34.1 Å². The first-order valence-electron chi connectivity index (χ1n) is 6.02. The molecule has 0 bridgehead atoms. The molecule has 2 aromatic rings. The minimum absolute atomic E-state index is 0.557. The van der Waals surface area contributed by atoms with Gasteiger partial charge in [-0.25, -0.2) is 4.98 Å². The van der Waals surface area contributed by atoms with Crippen molar-refractivity contribution in [1.29, 1.82) is 0 Å². The molecule has 0 atom stereocenters. The Hall–Kier alpha value is -2.03. The molecule has 0 fully saturated rings. The molecule has 0 saturated carbocycles. The molecule has 0 radical (unpaired) electrons. The number of anilines is 1. The maximum Gasteiger partial charge on any atom is 0.126 e. The van der Waals surface area contributed by atoms with Crippen molar-refractivity contribution in [3.63, 3.8) is 0 Å². The average Bonchev–Trinajstić information content (AvgIpc) is 2.40. The predicted molar refractivity (Wildman–Crippen MR) is 74.0 cm³/mol. The molecule has 0 aliphatic rings. The van der Waals surface area contributed by atoms with Gasteiger partial charge in [-0.15, -0.1) is 0 Å². The lowest BCUT2D eigenvalue weighted by Crippen LogP contribution is -1.99. The third-order valence-corrected chi connectivity index (χ3v) is 2.82. The van der Waals surface area contributed by atoms with Crippen molar-refractivity contribution in [1.82, 2.24) is 4.98 Å². The van der Waals surface area contributed by atoms with Crippen molar-refractivity contribution in [3.05, 3.63) is 53.2 Å². The normalized spacial score (nSPS) is 10.2. The minimum Gasteiger partial charge on any atom is -0.489 e. The summed E-state index contributed by atoms with van der Waals surface area (Å²) in [4.78, 5) is 4.18. The summed E-state index contributed by atoms with van der Waals surface area (Å²) < 4.78 is 5.85. The molecule has 1 heterocycles. The highest BCUT2D eigenvalue weighted by atomic mass is 16.5. The summed E-state index contributed by atoms with van der Waals surface area (Å²) in [5.41, 5.74) is 3.47. The summed E-state index contributed by atoms with van der Waals surface area (Å²) in [6, 6.07) is 10.2. The van der Waals surface area contributed by atoms with Crippen LogP contribution in [0.4, 0.5) is 5.82 Å². The zero-order chi connectivity index (χ0) is 13.0. The van der Waals surface area contributed by atoms with Gasteiger partial charge in [0.15, 0.2) is 0 Å². The zero-order valence-corrected chi connectivity index (χ0v) is 11.0. The predicted octanol–water partition coefficient (Wildman–Crippen LogP) is 3.32. The van der Waals surface area contributed by atoms with Crippen LogP contribution in [0.5, 0.6) is 5.75 Å². The first kappa shape index (κ1) is 12.4. The second kappa shape index (κ2) is 5.54. The molecule has 0 amide bonds. The monoisotopic (exact) mass is 242 g/mol. The summed E-state index contributed by atoms with van der Waals surface area (Å²) in [5.74, 6) is 1.80. The van der Waals surface area contributed by atoms with Gasteiger partial charge in [0.2, 0.25) is 0 Å². The minimum atomic E-state index is 0.557. The van der Waals surface area contributed by atoms with Gasteiger partial charge in [0.05, 0.1) is 0 Å². The van der Waals surface area contributed by atoms with Crippen LogP contribution in [-0.4, -0.2) is 12.0 Å². The van der Waals surface area contributed by atoms with E-state index >= 15 is 0 Å². The fourth-order valence-corrected chi connectivity index (χ4v) is 1.72. The average molecular weight is 242 g/mol. The van der Waals surface area contributed by atoms with Crippen molar-refractivity contribution in [2.75, 3.05) is 12.4 Å². The van der Waals surface area contributed by atoms with Gasteiger partial charge in [-0.05, 0) is 48.7 Å². The van der Waals surface area contributed by atoms with E-state index in [1.54, 1.807) is 6.20 Å². The molecule has 1 aromatic heterocycles. The maximum atomic E-state index is 5.85. The number of hydrogen-bond donors (Lipinski definition) is 1. The molecule has 0 spiro atoms. The fourth-order valence-electron chi connectivity index (χ4n) is 1.72. The molecule has 0 aliphatic carbocycles. The van der Waals surface area contributed by atoms with Crippen molar-refractivity contribution in [3.8, 4) is 5.75 Å². The number of aryl methyl sites for hydroxylation is 2. The summed E-state index contributed by atoms with van der Waals surface area (Å²) in [6.45, 7) is 4.68. The SMILES string of the molecule is CNc1cc(COc2cc(C)ccc2C)ccn1. The molecular formula is C15H18N2O. The van der Waals surface area contributed by atoms with Crippen LogP contribution < -0.4 is 10.1 Å². The second-order valence-corrected chi connectivity index (χ2v) is 4.36. The van der Waals surface area contributed by atoms with Gasteiger partial charge in [0.1, 0.15) is 18.2 Å². The van der Waals surface area contributed by atoms with E-state index in [0.717, 1.165) is 22.7 Å². The third kappa shape index (κ3) is 3.00. The fraction of sp³-hybridized carbons (Fsp3) is 0.267. The zero-order valence-electron chi connectivity index (χ0n) is 11.0. The summed E-state index contributed by atoms with van der Waals surface area (Å²) in [6.07, 6.45) is 1.79. The Morgan fingerprint density at radius 2 is 2.00 bits per heavy atom. The van der Waals surface area contributed by atoms with Gasteiger partial charge in [-0.2, -0.15) is 0 Å². The van der Waals surface area contributed by atoms with E-state index in [0.29, 0.717) is 6.61 Å². The molecule has 94 valence electrons. The van der Waals surface area contributed by atoms with Crippen LogP contribution in [0.2, 0.25) is 0 Å². The Labute approximate surface area is 108 Å². The van der Waals surface area contributed by atoms with E-state index in [2.05, 4.69) is 42.3 Å². The summed E-state index contributed by atoms with van der Waals surface area (Å²) in [7, 11) is 1.86. The molecule has 0 aliphatic heterocycles. The number of nitrogens with zero attached hydrogens (tertiary/aromatic N) is 1. The third-order valence-electron chi connectivity index (χ3n) is 2.82. The summed E-state index contributed by atoms with van der Waals surface area (Å²) >= 11 is 0. The molecule has 1 N–H and O–H groups in total. The standard InChI is InChI=1S/C15H18N2O/c1-11-4-5-12(2)14(8-11)18-10-13-6-7-17-15(9-13)16-3/h4-9H,10H2,1-3H3,(H,16,17). The number of nitrogens with one attached hydrogen (secondary N) is 1. The molecular weight excluding hydrogens is 224 g/mol. The number of rotatable bonds is 4. The highest BCUT2D eigenvalue weighted by molar-refractivity contribution is 5.38. The van der Waals surface area contributed by atoms with E-state index in [1.807, 2.05) is 19.2 Å². The molecule has 3 nitrogen and oxygen atoms in total. The number of benzene rings is 1. The van der Waals surface area contributed by atoms with Crippen LogP contribution in [0, 0.1) is 13.8 Å². The van der Waals surface area contributed by atoms with Gasteiger partial charge in [-0.3, -0.25) is 0 Å². The van der Waals surface area contributed by atoms with Crippen LogP contribution in [-0.2, 0) is 6.61 Å². The van der Waals surface area contributed by atoms with E-state index in [-0.39, 0.29) is 0 Å². The molecule has 0 saturated heterocycles. The quantitative estimate of drug-likeness (QED) is 0.893. The Bertz CT molecular complexity index is 538. The van der Waals surface area contributed by atoms with Gasteiger partial charge in [0, 0.05) is 13.2 Å². The Morgan fingerprint density at radius 1 is 1.17 bits per heavy atom. The van der Waals surface area contributed by atoms with Crippen LogP contribution in [0.25, 0.3) is 0 Å². The van der Waals surface area contributed by atoms with Crippen LogP contribution in [0.1, 0.15) is 16.7 Å². The Kier molecular flexibility index (Phi) is 3.82. The van der Waals surface area contributed by atoms with Gasteiger partial charge in [0.25, 0.3) is 0 Å². The van der Waals surface area contributed by atoms with E-state index in [9.17, 15) is 0 Å². The lowest BCUT2D eigenvalue weighted by atomic mass is 10.1. The highest BCUT2D eigenvalue weighted by Crippen LogP contribution is 2.20.